The summed E-state index contributed by atoms with van der Waals surface area (Å²) >= 11 is 0. The van der Waals surface area contributed by atoms with Crippen LogP contribution in [-0.4, -0.2) is 4.98 Å². The molecule has 2 aromatic rings. The molecule has 4 N–H and O–H groups in total. The molecule has 16 heavy (non-hydrogen) atoms. The van der Waals surface area contributed by atoms with E-state index in [9.17, 15) is 0 Å². The standard InChI is InChI=1S/C12H13N3.ClH/c1-8-2-5-12(15-7-8)10-6-9(13)3-4-11(10)14;/h2-7H,13-14H2,1H3;1H. The summed E-state index contributed by atoms with van der Waals surface area (Å²) in [5.41, 5.74) is 15.8. The van der Waals surface area contributed by atoms with Gasteiger partial charge in [0.15, 0.2) is 0 Å². The van der Waals surface area contributed by atoms with Crippen molar-refractivity contribution in [2.45, 2.75) is 6.92 Å². The van der Waals surface area contributed by atoms with Crippen molar-refractivity contribution in [3.05, 3.63) is 42.1 Å². The molecule has 0 bridgehead atoms. The van der Waals surface area contributed by atoms with Crippen LogP contribution in [0.5, 0.6) is 0 Å². The summed E-state index contributed by atoms with van der Waals surface area (Å²) in [4.78, 5) is 4.31. The van der Waals surface area contributed by atoms with Crippen molar-refractivity contribution in [2.75, 3.05) is 11.5 Å². The molecule has 1 aromatic heterocycles. The van der Waals surface area contributed by atoms with Gasteiger partial charge in [0.05, 0.1) is 5.69 Å². The molecule has 0 atom stereocenters. The fourth-order valence-electron chi connectivity index (χ4n) is 1.42. The Morgan fingerprint density at radius 3 is 2.44 bits per heavy atom. The van der Waals surface area contributed by atoms with Gasteiger partial charge in [-0.15, -0.1) is 12.4 Å². The van der Waals surface area contributed by atoms with Gasteiger partial charge in [-0.2, -0.15) is 0 Å². The summed E-state index contributed by atoms with van der Waals surface area (Å²) in [6, 6.07) is 9.37. The Balaban J connectivity index is 0.00000128. The monoisotopic (exact) mass is 235 g/mol. The number of hydrogen-bond donors (Lipinski definition) is 2. The number of halogens is 1. The van der Waals surface area contributed by atoms with Crippen molar-refractivity contribution in [1.82, 2.24) is 4.98 Å². The Kier molecular flexibility index (Phi) is 3.74. The van der Waals surface area contributed by atoms with E-state index in [1.807, 2.05) is 31.3 Å². The van der Waals surface area contributed by atoms with Crippen LogP contribution in [0.4, 0.5) is 11.4 Å². The lowest BCUT2D eigenvalue weighted by molar-refractivity contribution is 1.27. The quantitative estimate of drug-likeness (QED) is 0.747. The molecule has 2 rings (SSSR count). The Morgan fingerprint density at radius 1 is 1.06 bits per heavy atom. The molecule has 0 amide bonds. The highest BCUT2D eigenvalue weighted by Gasteiger charge is 2.03. The summed E-state index contributed by atoms with van der Waals surface area (Å²) in [7, 11) is 0. The number of nitrogens with two attached hydrogens (primary N) is 2. The van der Waals surface area contributed by atoms with E-state index in [4.69, 9.17) is 11.5 Å². The molecule has 0 radical (unpaired) electrons. The fraction of sp³-hybridized carbons (Fsp3) is 0.0833. The number of nitrogen functional groups attached to an aromatic ring is 2. The number of anilines is 2. The van der Waals surface area contributed by atoms with Crippen molar-refractivity contribution < 1.29 is 0 Å². The van der Waals surface area contributed by atoms with Crippen molar-refractivity contribution in [1.29, 1.82) is 0 Å². The third-order valence-electron chi connectivity index (χ3n) is 2.26. The van der Waals surface area contributed by atoms with Crippen LogP contribution in [0.2, 0.25) is 0 Å². The lowest BCUT2D eigenvalue weighted by atomic mass is 10.1. The highest BCUT2D eigenvalue weighted by Crippen LogP contribution is 2.26. The molecule has 3 nitrogen and oxygen atoms in total. The molecule has 0 aliphatic rings. The molecule has 0 aliphatic heterocycles. The van der Waals surface area contributed by atoms with Crippen LogP contribution in [0.25, 0.3) is 11.3 Å². The molecule has 1 aromatic carbocycles. The molecule has 0 fully saturated rings. The van der Waals surface area contributed by atoms with Crippen molar-refractivity contribution in [2.24, 2.45) is 0 Å². The van der Waals surface area contributed by atoms with Gasteiger partial charge in [-0.3, -0.25) is 4.98 Å². The Morgan fingerprint density at radius 2 is 1.81 bits per heavy atom. The summed E-state index contributed by atoms with van der Waals surface area (Å²) < 4.78 is 0. The minimum absolute atomic E-state index is 0. The SMILES string of the molecule is Cc1ccc(-c2cc(N)ccc2N)nc1.Cl. The number of aromatic nitrogens is 1. The van der Waals surface area contributed by atoms with Crippen LogP contribution in [0.1, 0.15) is 5.56 Å². The number of rotatable bonds is 1. The predicted octanol–water partition coefficient (Wildman–Crippen LogP) is 2.64. The van der Waals surface area contributed by atoms with Gasteiger partial charge in [0, 0.05) is 23.1 Å². The molecule has 0 spiro atoms. The van der Waals surface area contributed by atoms with Gasteiger partial charge in [0.1, 0.15) is 0 Å². The molecule has 84 valence electrons. The van der Waals surface area contributed by atoms with E-state index in [-0.39, 0.29) is 12.4 Å². The first-order chi connectivity index (χ1) is 7.16. The van der Waals surface area contributed by atoms with E-state index in [1.54, 1.807) is 12.1 Å². The van der Waals surface area contributed by atoms with Gasteiger partial charge in [-0.05, 0) is 36.8 Å². The normalized spacial score (nSPS) is 9.56. The van der Waals surface area contributed by atoms with E-state index < -0.39 is 0 Å². The zero-order valence-corrected chi connectivity index (χ0v) is 9.79. The average Bonchev–Trinajstić information content (AvgIpc) is 2.23. The highest BCUT2D eigenvalue weighted by molar-refractivity contribution is 5.85. The number of pyridine rings is 1. The van der Waals surface area contributed by atoms with E-state index in [0.717, 1.165) is 16.8 Å². The molecule has 4 heteroatoms. The van der Waals surface area contributed by atoms with Gasteiger partial charge in [-0.25, -0.2) is 0 Å². The second-order valence-corrected chi connectivity index (χ2v) is 3.57. The van der Waals surface area contributed by atoms with Crippen LogP contribution >= 0.6 is 12.4 Å². The molecular formula is C12H14ClN3. The highest BCUT2D eigenvalue weighted by atomic mass is 35.5. The number of aryl methyl sites for hydroxylation is 1. The minimum atomic E-state index is 0. The van der Waals surface area contributed by atoms with Crippen LogP contribution in [-0.2, 0) is 0 Å². The first-order valence-corrected chi connectivity index (χ1v) is 4.75. The Labute approximate surface area is 101 Å². The largest absolute Gasteiger partial charge is 0.399 e. The predicted molar refractivity (Wildman–Crippen MR) is 70.5 cm³/mol. The van der Waals surface area contributed by atoms with Gasteiger partial charge >= 0.3 is 0 Å². The van der Waals surface area contributed by atoms with Crippen LogP contribution in [0, 0.1) is 6.92 Å². The van der Waals surface area contributed by atoms with Crippen molar-refractivity contribution >= 4 is 23.8 Å². The average molecular weight is 236 g/mol. The third-order valence-corrected chi connectivity index (χ3v) is 2.26. The zero-order valence-electron chi connectivity index (χ0n) is 8.97. The van der Waals surface area contributed by atoms with Crippen molar-refractivity contribution in [3.8, 4) is 11.3 Å². The fourth-order valence-corrected chi connectivity index (χ4v) is 1.42. The van der Waals surface area contributed by atoms with E-state index >= 15 is 0 Å². The summed E-state index contributed by atoms with van der Waals surface area (Å²) in [6.07, 6.45) is 1.82. The van der Waals surface area contributed by atoms with Gasteiger partial charge < -0.3 is 11.5 Å². The van der Waals surface area contributed by atoms with Crippen LogP contribution in [0.15, 0.2) is 36.5 Å². The maximum atomic E-state index is 5.86. The Hall–Kier alpha value is -1.74. The lowest BCUT2D eigenvalue weighted by Gasteiger charge is -2.06. The number of benzene rings is 1. The summed E-state index contributed by atoms with van der Waals surface area (Å²) in [5, 5.41) is 0. The smallest absolute Gasteiger partial charge is 0.0723 e. The van der Waals surface area contributed by atoms with Gasteiger partial charge in [-0.1, -0.05) is 6.07 Å². The second kappa shape index (κ2) is 4.86. The van der Waals surface area contributed by atoms with E-state index in [2.05, 4.69) is 4.98 Å². The molecule has 1 heterocycles. The molecule has 0 aliphatic carbocycles. The molecule has 0 unspecified atom stereocenters. The van der Waals surface area contributed by atoms with E-state index in [0.29, 0.717) is 11.4 Å². The minimum Gasteiger partial charge on any atom is -0.399 e. The zero-order chi connectivity index (χ0) is 10.8. The van der Waals surface area contributed by atoms with Crippen molar-refractivity contribution in [3.63, 3.8) is 0 Å². The van der Waals surface area contributed by atoms with Crippen LogP contribution in [0.3, 0.4) is 0 Å². The maximum Gasteiger partial charge on any atom is 0.0723 e. The van der Waals surface area contributed by atoms with E-state index in [1.165, 1.54) is 0 Å². The molecule has 0 saturated heterocycles. The lowest BCUT2D eigenvalue weighted by Crippen LogP contribution is -1.94. The number of nitrogens with zero attached hydrogens (tertiary/aromatic N) is 1. The Bertz CT molecular complexity index is 480. The van der Waals surface area contributed by atoms with Crippen LogP contribution < -0.4 is 11.5 Å². The summed E-state index contributed by atoms with van der Waals surface area (Å²) in [6.45, 7) is 2.00. The third kappa shape index (κ3) is 2.44. The molecule has 0 saturated carbocycles. The topological polar surface area (TPSA) is 64.9 Å². The molecular weight excluding hydrogens is 222 g/mol. The second-order valence-electron chi connectivity index (χ2n) is 3.57. The maximum absolute atomic E-state index is 5.86. The first kappa shape index (κ1) is 12.3. The number of hydrogen-bond acceptors (Lipinski definition) is 3. The van der Waals surface area contributed by atoms with Gasteiger partial charge in [0.25, 0.3) is 0 Å². The summed E-state index contributed by atoms with van der Waals surface area (Å²) in [5.74, 6) is 0. The first-order valence-electron chi connectivity index (χ1n) is 4.75. The van der Waals surface area contributed by atoms with Gasteiger partial charge in [0.2, 0.25) is 0 Å².